The molecule has 4 nitrogen and oxygen atoms in total. The summed E-state index contributed by atoms with van der Waals surface area (Å²) in [6, 6.07) is 7.85. The highest BCUT2D eigenvalue weighted by Gasteiger charge is 2.51. The van der Waals surface area contributed by atoms with Gasteiger partial charge in [0.2, 0.25) is 0 Å². The van der Waals surface area contributed by atoms with E-state index in [2.05, 4.69) is 5.32 Å². The molecular formula is C16H23NO3. The van der Waals surface area contributed by atoms with E-state index >= 15 is 0 Å². The Morgan fingerprint density at radius 3 is 2.85 bits per heavy atom. The number of carbonyl (C=O) groups excluding carboxylic acids is 1. The van der Waals surface area contributed by atoms with E-state index < -0.39 is 5.54 Å². The van der Waals surface area contributed by atoms with Crippen molar-refractivity contribution in [3.8, 4) is 5.75 Å². The van der Waals surface area contributed by atoms with Crippen LogP contribution in [0.3, 0.4) is 0 Å². The molecule has 0 aromatic heterocycles. The summed E-state index contributed by atoms with van der Waals surface area (Å²) in [6.07, 6.45) is 0. The van der Waals surface area contributed by atoms with Gasteiger partial charge in [-0.25, -0.2) is 4.79 Å². The van der Waals surface area contributed by atoms with Gasteiger partial charge in [0.05, 0.1) is 13.2 Å². The van der Waals surface area contributed by atoms with Crippen molar-refractivity contribution in [2.24, 2.45) is 5.92 Å². The van der Waals surface area contributed by atoms with Crippen LogP contribution in [0.25, 0.3) is 0 Å². The van der Waals surface area contributed by atoms with Crippen LogP contribution in [-0.4, -0.2) is 25.2 Å². The molecule has 2 atom stereocenters. The van der Waals surface area contributed by atoms with Crippen molar-refractivity contribution < 1.29 is 14.3 Å². The number of ether oxygens (including phenoxy) is 2. The molecule has 0 aliphatic carbocycles. The number of carbonyl (C=O) groups is 1. The zero-order valence-electron chi connectivity index (χ0n) is 12.6. The first-order valence-corrected chi connectivity index (χ1v) is 7.19. The molecule has 1 heterocycles. The van der Waals surface area contributed by atoms with Gasteiger partial charge in [0, 0.05) is 17.5 Å². The maximum absolute atomic E-state index is 12.7. The molecule has 0 saturated carbocycles. The number of rotatable bonds is 4. The fraction of sp³-hybridized carbons (Fsp3) is 0.562. The van der Waals surface area contributed by atoms with Gasteiger partial charge in [0.25, 0.3) is 0 Å². The Hall–Kier alpha value is -1.55. The Morgan fingerprint density at radius 2 is 2.20 bits per heavy atom. The van der Waals surface area contributed by atoms with Gasteiger partial charge in [0.1, 0.15) is 5.75 Å². The number of fused-ring (bicyclic) bond motifs is 1. The molecule has 0 fully saturated rings. The van der Waals surface area contributed by atoms with E-state index in [1.165, 1.54) is 0 Å². The van der Waals surface area contributed by atoms with E-state index in [9.17, 15) is 4.79 Å². The van der Waals surface area contributed by atoms with Gasteiger partial charge in [-0.15, -0.1) is 0 Å². The summed E-state index contributed by atoms with van der Waals surface area (Å²) in [7, 11) is 0. The second-order valence-electron chi connectivity index (χ2n) is 5.54. The van der Waals surface area contributed by atoms with Crippen LogP contribution in [-0.2, 0) is 15.1 Å². The Balaban J connectivity index is 2.56. The fourth-order valence-electron chi connectivity index (χ4n) is 2.81. The van der Waals surface area contributed by atoms with E-state index in [4.69, 9.17) is 9.47 Å². The molecule has 0 radical (unpaired) electrons. The average Bonchev–Trinajstić information content (AvgIpc) is 2.42. The third-order valence-electron chi connectivity index (χ3n) is 3.65. The topological polar surface area (TPSA) is 47.6 Å². The van der Waals surface area contributed by atoms with Crippen LogP contribution < -0.4 is 10.1 Å². The van der Waals surface area contributed by atoms with Crippen molar-refractivity contribution in [3.63, 3.8) is 0 Å². The van der Waals surface area contributed by atoms with Crippen molar-refractivity contribution in [3.05, 3.63) is 29.8 Å². The van der Waals surface area contributed by atoms with E-state index in [-0.39, 0.29) is 17.9 Å². The highest BCUT2D eigenvalue weighted by Crippen LogP contribution is 2.41. The number of benzene rings is 1. The molecule has 2 rings (SSSR count). The minimum atomic E-state index is -0.834. The fourth-order valence-corrected chi connectivity index (χ4v) is 2.81. The largest absolute Gasteiger partial charge is 0.493 e. The lowest BCUT2D eigenvalue weighted by Gasteiger charge is -2.43. The Morgan fingerprint density at radius 1 is 1.50 bits per heavy atom. The van der Waals surface area contributed by atoms with Gasteiger partial charge in [0.15, 0.2) is 5.54 Å². The molecule has 0 bridgehead atoms. The zero-order chi connectivity index (χ0) is 14.8. The first kappa shape index (κ1) is 14.9. The lowest BCUT2D eigenvalue weighted by atomic mass is 9.76. The summed E-state index contributed by atoms with van der Waals surface area (Å²) >= 11 is 0. The minimum Gasteiger partial charge on any atom is -0.493 e. The van der Waals surface area contributed by atoms with Crippen molar-refractivity contribution in [1.82, 2.24) is 5.32 Å². The van der Waals surface area contributed by atoms with Crippen LogP contribution in [0.2, 0.25) is 0 Å². The average molecular weight is 277 g/mol. The number of nitrogens with one attached hydrogen (secondary N) is 1. The Kier molecular flexibility index (Phi) is 4.33. The number of esters is 1. The molecule has 110 valence electrons. The van der Waals surface area contributed by atoms with Gasteiger partial charge >= 0.3 is 5.97 Å². The molecule has 0 spiro atoms. The standard InChI is InChI=1S/C16H23NO3/c1-5-19-15(18)16(17-11(2)3)12(4)10-20-14-9-7-6-8-13(14)16/h6-9,11-12,17H,5,10H2,1-4H3. The molecule has 1 aromatic carbocycles. The maximum Gasteiger partial charge on any atom is 0.331 e. The molecule has 20 heavy (non-hydrogen) atoms. The van der Waals surface area contributed by atoms with Gasteiger partial charge in [-0.2, -0.15) is 0 Å². The van der Waals surface area contributed by atoms with E-state index in [0.717, 1.165) is 11.3 Å². The second-order valence-corrected chi connectivity index (χ2v) is 5.54. The lowest BCUT2D eigenvalue weighted by Crippen LogP contribution is -2.59. The molecule has 4 heteroatoms. The first-order chi connectivity index (χ1) is 9.52. The lowest BCUT2D eigenvalue weighted by molar-refractivity contribution is -0.156. The highest BCUT2D eigenvalue weighted by molar-refractivity contribution is 5.84. The molecule has 1 aromatic rings. The molecule has 1 aliphatic heterocycles. The molecule has 0 amide bonds. The number of hydrogen-bond donors (Lipinski definition) is 1. The van der Waals surface area contributed by atoms with Crippen molar-refractivity contribution >= 4 is 5.97 Å². The SMILES string of the molecule is CCOC(=O)C1(NC(C)C)c2ccccc2OCC1C. The smallest absolute Gasteiger partial charge is 0.331 e. The van der Waals surface area contributed by atoms with Crippen LogP contribution >= 0.6 is 0 Å². The van der Waals surface area contributed by atoms with Gasteiger partial charge < -0.3 is 9.47 Å². The summed E-state index contributed by atoms with van der Waals surface area (Å²) in [5.74, 6) is 0.530. The molecule has 0 saturated heterocycles. The predicted octanol–water partition coefficient (Wildman–Crippen LogP) is 2.47. The van der Waals surface area contributed by atoms with Crippen LogP contribution in [0.1, 0.15) is 33.3 Å². The molecule has 2 unspecified atom stereocenters. The van der Waals surface area contributed by atoms with Crippen molar-refractivity contribution in [2.45, 2.75) is 39.3 Å². The molecule has 1 N–H and O–H groups in total. The van der Waals surface area contributed by atoms with Crippen molar-refractivity contribution in [1.29, 1.82) is 0 Å². The zero-order valence-corrected chi connectivity index (χ0v) is 12.6. The highest BCUT2D eigenvalue weighted by atomic mass is 16.5. The van der Waals surface area contributed by atoms with Crippen LogP contribution in [0.15, 0.2) is 24.3 Å². The van der Waals surface area contributed by atoms with Crippen LogP contribution in [0.5, 0.6) is 5.75 Å². The third kappa shape index (κ3) is 2.40. The monoisotopic (exact) mass is 277 g/mol. The summed E-state index contributed by atoms with van der Waals surface area (Å²) in [6.45, 7) is 8.78. The number of hydrogen-bond acceptors (Lipinski definition) is 4. The predicted molar refractivity (Wildman–Crippen MR) is 77.7 cm³/mol. The van der Waals surface area contributed by atoms with Crippen LogP contribution in [0, 0.1) is 5.92 Å². The van der Waals surface area contributed by atoms with Gasteiger partial charge in [-0.1, -0.05) is 25.1 Å². The van der Waals surface area contributed by atoms with Gasteiger partial charge in [-0.05, 0) is 26.8 Å². The normalized spacial score (nSPS) is 24.9. The Bertz CT molecular complexity index is 486. The molecular weight excluding hydrogens is 254 g/mol. The summed E-state index contributed by atoms with van der Waals surface area (Å²) in [4.78, 5) is 12.7. The van der Waals surface area contributed by atoms with E-state index in [1.807, 2.05) is 52.0 Å². The maximum atomic E-state index is 12.7. The quantitative estimate of drug-likeness (QED) is 0.859. The van der Waals surface area contributed by atoms with E-state index in [0.29, 0.717) is 13.2 Å². The molecule has 1 aliphatic rings. The van der Waals surface area contributed by atoms with Crippen molar-refractivity contribution in [2.75, 3.05) is 13.2 Å². The summed E-state index contributed by atoms with van der Waals surface area (Å²) in [5, 5.41) is 3.43. The van der Waals surface area contributed by atoms with E-state index in [1.54, 1.807) is 0 Å². The van der Waals surface area contributed by atoms with Gasteiger partial charge in [-0.3, -0.25) is 5.32 Å². The third-order valence-corrected chi connectivity index (χ3v) is 3.65. The second kappa shape index (κ2) is 5.83. The summed E-state index contributed by atoms with van der Waals surface area (Å²) in [5.41, 5.74) is 0.0323. The minimum absolute atomic E-state index is 0.00106. The summed E-state index contributed by atoms with van der Waals surface area (Å²) < 4.78 is 11.1. The van der Waals surface area contributed by atoms with Crippen LogP contribution in [0.4, 0.5) is 0 Å². The first-order valence-electron chi connectivity index (χ1n) is 7.19. The number of para-hydroxylation sites is 1. The Labute approximate surface area is 120 Å².